The van der Waals surface area contributed by atoms with E-state index >= 15 is 0 Å². The Morgan fingerprint density at radius 3 is 2.85 bits per heavy atom. The van der Waals surface area contributed by atoms with Crippen molar-refractivity contribution in [3.8, 4) is 23.0 Å². The topological polar surface area (TPSA) is 77.6 Å². The van der Waals surface area contributed by atoms with E-state index < -0.39 is 0 Å². The average Bonchev–Trinajstić information content (AvgIpc) is 2.98. The summed E-state index contributed by atoms with van der Waals surface area (Å²) < 4.78 is 15.7. The maximum absolute atomic E-state index is 9.59. The van der Waals surface area contributed by atoms with E-state index in [-0.39, 0.29) is 5.75 Å². The van der Waals surface area contributed by atoms with Crippen LogP contribution in [0.5, 0.6) is 11.5 Å². The number of rotatable bonds is 3. The first-order valence-corrected chi connectivity index (χ1v) is 6.56. The Morgan fingerprint density at radius 1 is 1.30 bits per heavy atom. The molecule has 0 radical (unpaired) electrons. The molecule has 2 aromatic rings. The number of aromatic hydroxyl groups is 1. The molecule has 0 unspecified atom stereocenters. The molecule has 0 atom stereocenters. The van der Waals surface area contributed by atoms with Gasteiger partial charge in [-0.25, -0.2) is 0 Å². The zero-order valence-corrected chi connectivity index (χ0v) is 11.2. The minimum absolute atomic E-state index is 0.0837. The molecule has 2 heterocycles. The highest BCUT2D eigenvalue weighted by Crippen LogP contribution is 2.32. The van der Waals surface area contributed by atoms with Gasteiger partial charge < -0.3 is 19.1 Å². The van der Waals surface area contributed by atoms with Gasteiger partial charge in [-0.1, -0.05) is 5.16 Å². The van der Waals surface area contributed by atoms with Crippen LogP contribution in [0.25, 0.3) is 11.5 Å². The van der Waals surface area contributed by atoms with Gasteiger partial charge in [-0.2, -0.15) is 4.98 Å². The van der Waals surface area contributed by atoms with Crippen LogP contribution in [0.4, 0.5) is 0 Å². The Balaban J connectivity index is 1.85. The number of methoxy groups -OCH3 is 1. The molecule has 6 nitrogen and oxygen atoms in total. The van der Waals surface area contributed by atoms with Gasteiger partial charge in [0.25, 0.3) is 5.89 Å². The maximum atomic E-state index is 9.59. The second kappa shape index (κ2) is 5.50. The molecule has 1 fully saturated rings. The molecule has 1 aromatic heterocycles. The molecule has 20 heavy (non-hydrogen) atoms. The predicted molar refractivity (Wildman–Crippen MR) is 70.7 cm³/mol. The molecule has 0 saturated carbocycles. The molecule has 0 bridgehead atoms. The Morgan fingerprint density at radius 2 is 2.10 bits per heavy atom. The summed E-state index contributed by atoms with van der Waals surface area (Å²) in [5, 5.41) is 13.6. The predicted octanol–water partition coefficient (Wildman–Crippen LogP) is 2.34. The van der Waals surface area contributed by atoms with Crippen LogP contribution in [0.15, 0.2) is 22.7 Å². The second-order valence-corrected chi connectivity index (χ2v) is 4.73. The molecule has 1 aliphatic heterocycles. The lowest BCUT2D eigenvalue weighted by Crippen LogP contribution is -2.15. The Kier molecular flexibility index (Phi) is 3.56. The van der Waals surface area contributed by atoms with Gasteiger partial charge in [0.05, 0.1) is 7.11 Å². The first-order chi connectivity index (χ1) is 9.78. The summed E-state index contributed by atoms with van der Waals surface area (Å²) in [6, 6.07) is 4.95. The number of nitrogens with zero attached hydrogens (tertiary/aromatic N) is 2. The summed E-state index contributed by atoms with van der Waals surface area (Å²) in [6.45, 7) is 1.48. The third-order valence-corrected chi connectivity index (χ3v) is 3.45. The van der Waals surface area contributed by atoms with Gasteiger partial charge in [0.2, 0.25) is 0 Å². The Bertz CT molecular complexity index is 591. The Hall–Kier alpha value is -2.08. The summed E-state index contributed by atoms with van der Waals surface area (Å²) in [7, 11) is 1.50. The third-order valence-electron chi connectivity index (χ3n) is 3.45. The van der Waals surface area contributed by atoms with E-state index in [4.69, 9.17) is 14.0 Å². The average molecular weight is 276 g/mol. The molecule has 1 aliphatic rings. The van der Waals surface area contributed by atoms with Gasteiger partial charge in [0.1, 0.15) is 0 Å². The zero-order chi connectivity index (χ0) is 13.9. The first kappa shape index (κ1) is 12.9. The SMILES string of the molecule is COc1cc(-c2nc(C3CCOCC3)no2)ccc1O. The van der Waals surface area contributed by atoms with Crippen LogP contribution in [0.1, 0.15) is 24.6 Å². The summed E-state index contributed by atoms with van der Waals surface area (Å²) in [6.07, 6.45) is 1.83. The second-order valence-electron chi connectivity index (χ2n) is 4.73. The van der Waals surface area contributed by atoms with Crippen molar-refractivity contribution in [3.05, 3.63) is 24.0 Å². The van der Waals surface area contributed by atoms with Gasteiger partial charge in [-0.3, -0.25) is 0 Å². The molecule has 1 saturated heterocycles. The number of phenols is 1. The molecule has 0 amide bonds. The van der Waals surface area contributed by atoms with Crippen LogP contribution in [0.3, 0.4) is 0 Å². The van der Waals surface area contributed by atoms with Crippen molar-refractivity contribution in [2.75, 3.05) is 20.3 Å². The fourth-order valence-electron chi connectivity index (χ4n) is 2.28. The summed E-state index contributed by atoms with van der Waals surface area (Å²) >= 11 is 0. The number of aromatic nitrogens is 2. The van der Waals surface area contributed by atoms with E-state index in [1.807, 2.05) is 0 Å². The van der Waals surface area contributed by atoms with E-state index in [0.717, 1.165) is 37.4 Å². The lowest BCUT2D eigenvalue weighted by atomic mass is 10.00. The van der Waals surface area contributed by atoms with Gasteiger partial charge >= 0.3 is 0 Å². The van der Waals surface area contributed by atoms with Crippen LogP contribution in [0, 0.1) is 0 Å². The summed E-state index contributed by atoms with van der Waals surface area (Å²) in [5.41, 5.74) is 0.727. The summed E-state index contributed by atoms with van der Waals surface area (Å²) in [4.78, 5) is 4.44. The van der Waals surface area contributed by atoms with E-state index in [9.17, 15) is 5.11 Å². The summed E-state index contributed by atoms with van der Waals surface area (Å²) in [5.74, 6) is 1.91. The highest BCUT2D eigenvalue weighted by Gasteiger charge is 2.22. The molecule has 0 aliphatic carbocycles. The smallest absolute Gasteiger partial charge is 0.258 e. The Labute approximate surface area is 116 Å². The van der Waals surface area contributed by atoms with E-state index in [1.54, 1.807) is 18.2 Å². The van der Waals surface area contributed by atoms with Gasteiger partial charge in [0.15, 0.2) is 17.3 Å². The molecule has 0 spiro atoms. The zero-order valence-electron chi connectivity index (χ0n) is 11.2. The highest BCUT2D eigenvalue weighted by molar-refractivity contribution is 5.59. The minimum Gasteiger partial charge on any atom is -0.504 e. The van der Waals surface area contributed by atoms with Crippen LogP contribution >= 0.6 is 0 Å². The number of benzene rings is 1. The van der Waals surface area contributed by atoms with E-state index in [2.05, 4.69) is 10.1 Å². The molecular weight excluding hydrogens is 260 g/mol. The van der Waals surface area contributed by atoms with Crippen molar-refractivity contribution in [3.63, 3.8) is 0 Å². The van der Waals surface area contributed by atoms with Crippen LogP contribution in [-0.2, 0) is 4.74 Å². The van der Waals surface area contributed by atoms with Crippen molar-refractivity contribution in [1.29, 1.82) is 0 Å². The lowest BCUT2D eigenvalue weighted by molar-refractivity contribution is 0.0830. The monoisotopic (exact) mass is 276 g/mol. The number of phenolic OH excluding ortho intramolecular Hbond substituents is 1. The van der Waals surface area contributed by atoms with Crippen molar-refractivity contribution < 1.29 is 19.1 Å². The largest absolute Gasteiger partial charge is 0.504 e. The lowest BCUT2D eigenvalue weighted by Gasteiger charge is -2.18. The molecule has 1 N–H and O–H groups in total. The van der Waals surface area contributed by atoms with Crippen molar-refractivity contribution in [2.24, 2.45) is 0 Å². The van der Waals surface area contributed by atoms with Crippen LogP contribution in [0.2, 0.25) is 0 Å². The normalized spacial score (nSPS) is 16.2. The van der Waals surface area contributed by atoms with Gasteiger partial charge in [-0.05, 0) is 31.0 Å². The number of hydrogen-bond acceptors (Lipinski definition) is 6. The third kappa shape index (κ3) is 2.46. The minimum atomic E-state index is 0.0837. The molecule has 3 rings (SSSR count). The van der Waals surface area contributed by atoms with Crippen molar-refractivity contribution in [2.45, 2.75) is 18.8 Å². The quantitative estimate of drug-likeness (QED) is 0.927. The maximum Gasteiger partial charge on any atom is 0.258 e. The molecule has 6 heteroatoms. The first-order valence-electron chi connectivity index (χ1n) is 6.56. The van der Waals surface area contributed by atoms with Crippen molar-refractivity contribution in [1.82, 2.24) is 10.1 Å². The van der Waals surface area contributed by atoms with Crippen LogP contribution < -0.4 is 4.74 Å². The molecular formula is C14H16N2O4. The fourth-order valence-corrected chi connectivity index (χ4v) is 2.28. The molecule has 1 aromatic carbocycles. The van der Waals surface area contributed by atoms with Gasteiger partial charge in [0, 0.05) is 24.7 Å². The van der Waals surface area contributed by atoms with E-state index in [0.29, 0.717) is 17.6 Å². The van der Waals surface area contributed by atoms with Gasteiger partial charge in [-0.15, -0.1) is 0 Å². The van der Waals surface area contributed by atoms with Crippen LogP contribution in [-0.4, -0.2) is 35.6 Å². The number of hydrogen-bond donors (Lipinski definition) is 1. The number of ether oxygens (including phenoxy) is 2. The van der Waals surface area contributed by atoms with E-state index in [1.165, 1.54) is 7.11 Å². The van der Waals surface area contributed by atoms with Crippen molar-refractivity contribution >= 4 is 0 Å². The molecule has 106 valence electrons. The standard InChI is InChI=1S/C14H16N2O4/c1-18-12-8-10(2-3-11(12)17)14-15-13(16-20-14)9-4-6-19-7-5-9/h2-3,8-9,17H,4-7H2,1H3. The fraction of sp³-hybridized carbons (Fsp3) is 0.429. The highest BCUT2D eigenvalue weighted by atomic mass is 16.5.